The standard InChI is InChI=1S/C30H29F2NO9/c31-22-12-20-27(14-25(22)36)42-28-15-26(37)23(32)13-21(28)30(20)18-1-2-24-29(11-18)41-10-9-40-8-7-39-6-5-38-4-3-33(24)16-19(35)17-34/h1-2,11-15,17,30,36-37H,3-10,16H2. The number of ketones is 1. The molecule has 0 amide bonds. The summed E-state index contributed by atoms with van der Waals surface area (Å²) in [6, 6.07) is 9.53. The summed E-state index contributed by atoms with van der Waals surface area (Å²) >= 11 is 0. The van der Waals surface area contributed by atoms with E-state index in [1.165, 1.54) is 0 Å². The lowest BCUT2D eigenvalue weighted by atomic mass is 9.82. The Morgan fingerprint density at radius 3 is 1.98 bits per heavy atom. The molecule has 2 heterocycles. The predicted molar refractivity (Wildman–Crippen MR) is 145 cm³/mol. The number of carbonyl (C=O) groups is 2. The minimum atomic E-state index is -0.893. The van der Waals surface area contributed by atoms with Gasteiger partial charge in [0.15, 0.2) is 29.4 Å². The number of rotatable bonds is 4. The lowest BCUT2D eigenvalue weighted by Crippen LogP contribution is -2.34. The Bertz CT molecular complexity index is 1410. The molecule has 0 aliphatic carbocycles. The molecule has 0 atom stereocenters. The van der Waals surface area contributed by atoms with E-state index in [9.17, 15) is 28.6 Å². The second-order valence-electron chi connectivity index (χ2n) is 9.64. The van der Waals surface area contributed by atoms with E-state index in [0.717, 1.165) is 24.3 Å². The fourth-order valence-corrected chi connectivity index (χ4v) is 4.91. The maximum atomic E-state index is 14.6. The number of hydrogen-bond donors (Lipinski definition) is 2. The van der Waals surface area contributed by atoms with Crippen molar-refractivity contribution in [2.24, 2.45) is 0 Å². The molecule has 2 aliphatic rings. The second-order valence-corrected chi connectivity index (χ2v) is 9.64. The van der Waals surface area contributed by atoms with Crippen molar-refractivity contribution in [1.82, 2.24) is 0 Å². The number of phenols is 2. The van der Waals surface area contributed by atoms with Gasteiger partial charge in [-0.25, -0.2) is 8.78 Å². The summed E-state index contributed by atoms with van der Waals surface area (Å²) in [6.45, 7) is 2.06. The van der Waals surface area contributed by atoms with Crippen molar-refractivity contribution in [3.8, 4) is 28.7 Å². The van der Waals surface area contributed by atoms with Gasteiger partial charge in [-0.05, 0) is 29.8 Å². The number of aldehydes is 1. The highest BCUT2D eigenvalue weighted by molar-refractivity contribution is 6.26. The van der Waals surface area contributed by atoms with E-state index in [2.05, 4.69) is 0 Å². The van der Waals surface area contributed by atoms with Gasteiger partial charge in [0.1, 0.15) is 23.9 Å². The van der Waals surface area contributed by atoms with E-state index >= 15 is 0 Å². The summed E-state index contributed by atoms with van der Waals surface area (Å²) in [4.78, 5) is 25.0. The third-order valence-electron chi connectivity index (χ3n) is 6.87. The van der Waals surface area contributed by atoms with Gasteiger partial charge in [0.2, 0.25) is 5.78 Å². The first-order valence-electron chi connectivity index (χ1n) is 13.3. The van der Waals surface area contributed by atoms with E-state index < -0.39 is 34.8 Å². The van der Waals surface area contributed by atoms with Crippen LogP contribution in [0.15, 0.2) is 42.5 Å². The van der Waals surface area contributed by atoms with Crippen LogP contribution in [0.1, 0.15) is 22.6 Å². The minimum absolute atomic E-state index is 0.125. The van der Waals surface area contributed by atoms with Gasteiger partial charge < -0.3 is 38.8 Å². The van der Waals surface area contributed by atoms with Gasteiger partial charge in [-0.3, -0.25) is 9.59 Å². The molecule has 3 aromatic carbocycles. The first-order chi connectivity index (χ1) is 20.4. The molecule has 0 fully saturated rings. The van der Waals surface area contributed by atoms with Crippen LogP contribution >= 0.6 is 0 Å². The van der Waals surface area contributed by atoms with Crippen LogP contribution in [0.25, 0.3) is 0 Å². The van der Waals surface area contributed by atoms with Crippen LogP contribution in [0.4, 0.5) is 14.5 Å². The summed E-state index contributed by atoms with van der Waals surface area (Å²) in [7, 11) is 0. The van der Waals surface area contributed by atoms with Crippen LogP contribution < -0.4 is 14.4 Å². The molecule has 0 saturated carbocycles. The molecule has 0 unspecified atom stereocenters. The summed E-state index contributed by atoms with van der Waals surface area (Å²) < 4.78 is 57.7. The molecule has 12 heteroatoms. The molecule has 2 N–H and O–H groups in total. The van der Waals surface area contributed by atoms with Gasteiger partial charge in [0, 0.05) is 35.7 Å². The summed E-state index contributed by atoms with van der Waals surface area (Å²) in [5.74, 6) is -3.91. The number of benzene rings is 3. The van der Waals surface area contributed by atoms with E-state index in [4.69, 9.17) is 23.7 Å². The molecule has 0 aromatic heterocycles. The number of ether oxygens (including phenoxy) is 5. The Morgan fingerprint density at radius 1 is 0.810 bits per heavy atom. The first kappa shape index (κ1) is 29.2. The lowest BCUT2D eigenvalue weighted by molar-refractivity contribution is -0.128. The Balaban J connectivity index is 1.60. The summed E-state index contributed by atoms with van der Waals surface area (Å²) in [5.41, 5.74) is 1.65. The third-order valence-corrected chi connectivity index (χ3v) is 6.87. The number of Topliss-reactive ketones (excluding diaryl/α,β-unsaturated/α-hetero) is 1. The van der Waals surface area contributed by atoms with Crippen molar-refractivity contribution in [3.63, 3.8) is 0 Å². The SMILES string of the molecule is O=CC(=O)CN1CCOCCOCCOCCOc2cc(C3c4cc(F)c(O)cc4Oc4cc(O)c(F)cc43)ccc21. The summed E-state index contributed by atoms with van der Waals surface area (Å²) in [5, 5.41) is 20.0. The van der Waals surface area contributed by atoms with Crippen LogP contribution in [0.5, 0.6) is 28.7 Å². The fraction of sp³-hybridized carbons (Fsp3) is 0.333. The highest BCUT2D eigenvalue weighted by Crippen LogP contribution is 2.51. The van der Waals surface area contributed by atoms with E-state index in [1.54, 1.807) is 23.1 Å². The molecule has 0 radical (unpaired) electrons. The molecule has 222 valence electrons. The number of hydrogen-bond acceptors (Lipinski definition) is 10. The third kappa shape index (κ3) is 6.46. The lowest BCUT2D eigenvalue weighted by Gasteiger charge is -2.31. The Labute approximate surface area is 239 Å². The highest BCUT2D eigenvalue weighted by atomic mass is 19.1. The maximum absolute atomic E-state index is 14.6. The summed E-state index contributed by atoms with van der Waals surface area (Å²) in [6.07, 6.45) is 0.247. The number of aromatic hydroxyl groups is 2. The van der Waals surface area contributed by atoms with Gasteiger partial charge in [-0.1, -0.05) is 6.07 Å². The number of anilines is 1. The number of nitrogens with zero attached hydrogens (tertiary/aromatic N) is 1. The molecule has 2 aliphatic heterocycles. The van der Waals surface area contributed by atoms with Gasteiger partial charge in [0.05, 0.1) is 51.9 Å². The smallest absolute Gasteiger partial charge is 0.214 e. The van der Waals surface area contributed by atoms with E-state index in [1.807, 2.05) is 0 Å². The normalized spacial score (nSPS) is 16.5. The van der Waals surface area contributed by atoms with Crippen molar-refractivity contribution in [1.29, 1.82) is 0 Å². The zero-order valence-corrected chi connectivity index (χ0v) is 22.5. The highest BCUT2D eigenvalue weighted by Gasteiger charge is 2.32. The average Bonchev–Trinajstić information content (AvgIpc) is 2.98. The number of carbonyl (C=O) groups excluding carboxylic acids is 2. The van der Waals surface area contributed by atoms with Crippen LogP contribution in [-0.2, 0) is 23.8 Å². The zero-order valence-electron chi connectivity index (χ0n) is 22.5. The van der Waals surface area contributed by atoms with Crippen LogP contribution in [-0.4, -0.2) is 81.6 Å². The maximum Gasteiger partial charge on any atom is 0.214 e. The topological polar surface area (TPSA) is 124 Å². The molecule has 10 nitrogen and oxygen atoms in total. The van der Waals surface area contributed by atoms with Crippen LogP contribution in [0.2, 0.25) is 0 Å². The Kier molecular flexibility index (Phi) is 9.15. The van der Waals surface area contributed by atoms with Crippen LogP contribution in [0, 0.1) is 11.6 Å². The quantitative estimate of drug-likeness (QED) is 0.271. The fourth-order valence-electron chi connectivity index (χ4n) is 4.91. The zero-order chi connectivity index (χ0) is 29.6. The van der Waals surface area contributed by atoms with Crippen molar-refractivity contribution in [2.75, 3.05) is 64.2 Å². The molecule has 3 aromatic rings. The molecule has 0 spiro atoms. The predicted octanol–water partition coefficient (Wildman–Crippen LogP) is 3.68. The minimum Gasteiger partial charge on any atom is -0.505 e. The first-order valence-corrected chi connectivity index (χ1v) is 13.3. The Hall–Kier alpha value is -4.26. The van der Waals surface area contributed by atoms with Gasteiger partial charge in [0.25, 0.3) is 0 Å². The molecule has 5 rings (SSSR count). The van der Waals surface area contributed by atoms with Crippen molar-refractivity contribution >= 4 is 17.8 Å². The van der Waals surface area contributed by atoms with Gasteiger partial charge in [-0.2, -0.15) is 0 Å². The molecule has 0 saturated heterocycles. The molecular weight excluding hydrogens is 556 g/mol. The molecule has 42 heavy (non-hydrogen) atoms. The number of halogens is 2. The monoisotopic (exact) mass is 585 g/mol. The van der Waals surface area contributed by atoms with Gasteiger partial charge >= 0.3 is 0 Å². The molecular formula is C30H29F2NO9. The van der Waals surface area contributed by atoms with Crippen LogP contribution in [0.3, 0.4) is 0 Å². The van der Waals surface area contributed by atoms with Crippen molar-refractivity contribution in [3.05, 3.63) is 70.8 Å². The van der Waals surface area contributed by atoms with Crippen molar-refractivity contribution in [2.45, 2.75) is 5.92 Å². The Morgan fingerprint density at radius 2 is 1.38 bits per heavy atom. The van der Waals surface area contributed by atoms with Gasteiger partial charge in [-0.15, -0.1) is 0 Å². The van der Waals surface area contributed by atoms with E-state index in [-0.39, 0.29) is 50.7 Å². The largest absolute Gasteiger partial charge is 0.505 e. The second kappa shape index (κ2) is 13.1. The molecule has 0 bridgehead atoms. The van der Waals surface area contributed by atoms with Crippen molar-refractivity contribution < 1.29 is 52.3 Å². The number of fused-ring (bicyclic) bond motifs is 3. The van der Waals surface area contributed by atoms with E-state index in [0.29, 0.717) is 54.6 Å². The average molecular weight is 586 g/mol. The number of phenolic OH excluding ortho intramolecular Hbond substituents is 2.